The van der Waals surface area contributed by atoms with E-state index in [1.54, 1.807) is 0 Å². The molecule has 1 aromatic rings. The van der Waals surface area contributed by atoms with E-state index >= 15 is 0 Å². The molecule has 3 N–H and O–H groups in total. The molecule has 1 saturated heterocycles. The summed E-state index contributed by atoms with van der Waals surface area (Å²) in [5.74, 6) is 5.68. The van der Waals surface area contributed by atoms with Gasteiger partial charge < -0.3 is 0 Å². The number of nitrogens with one attached hydrogen (secondary N) is 1. The Morgan fingerprint density at radius 3 is 2.05 bits per heavy atom. The zero-order valence-electron chi connectivity index (χ0n) is 12.4. The van der Waals surface area contributed by atoms with E-state index in [0.29, 0.717) is 0 Å². The van der Waals surface area contributed by atoms with Crippen LogP contribution >= 0.6 is 0 Å². The van der Waals surface area contributed by atoms with Crippen molar-refractivity contribution in [3.8, 4) is 0 Å². The van der Waals surface area contributed by atoms with Gasteiger partial charge in [0.2, 0.25) is 0 Å². The number of hydrazine groups is 1. The van der Waals surface area contributed by atoms with Gasteiger partial charge in [-0.25, -0.2) is 0 Å². The Balaban J connectivity index is 2.24. The summed E-state index contributed by atoms with van der Waals surface area (Å²) >= 11 is 0. The minimum atomic E-state index is -4.31. The molecule has 0 aromatic heterocycles. The fourth-order valence-corrected chi connectivity index (χ4v) is 3.05. The molecule has 21 heavy (non-hydrogen) atoms. The van der Waals surface area contributed by atoms with Crippen molar-refractivity contribution >= 4 is 0 Å². The van der Waals surface area contributed by atoms with Crippen LogP contribution in [0.4, 0.5) is 13.2 Å². The van der Waals surface area contributed by atoms with Gasteiger partial charge in [0, 0.05) is 5.54 Å². The van der Waals surface area contributed by atoms with Crippen LogP contribution in [0.25, 0.3) is 0 Å². The summed E-state index contributed by atoms with van der Waals surface area (Å²) < 4.78 is 37.9. The Morgan fingerprint density at radius 1 is 1.10 bits per heavy atom. The largest absolute Gasteiger partial charge is 0.416 e. The molecule has 1 aromatic carbocycles. The smallest absolute Gasteiger partial charge is 0.296 e. The molecular formula is C15H22F3N3. The highest BCUT2D eigenvalue weighted by Crippen LogP contribution is 2.35. The average Bonchev–Trinajstić information content (AvgIpc) is 2.93. The van der Waals surface area contributed by atoms with Gasteiger partial charge in [-0.3, -0.25) is 16.2 Å². The van der Waals surface area contributed by atoms with Crippen molar-refractivity contribution in [3.05, 3.63) is 35.4 Å². The first-order chi connectivity index (χ1) is 9.76. The molecule has 1 heterocycles. The standard InChI is InChI=1S/C15H22F3N3/c1-14(2,21-9-3-4-10-21)13(20-19)11-5-7-12(8-6-11)15(16,17)18/h5-8,13,20H,3-4,9-10,19H2,1-2H3. The average molecular weight is 301 g/mol. The number of rotatable bonds is 4. The highest BCUT2D eigenvalue weighted by molar-refractivity contribution is 5.28. The van der Waals surface area contributed by atoms with E-state index in [-0.39, 0.29) is 11.6 Å². The first kappa shape index (κ1) is 16.3. The summed E-state index contributed by atoms with van der Waals surface area (Å²) in [6, 6.07) is 5.01. The lowest BCUT2D eigenvalue weighted by atomic mass is 9.87. The van der Waals surface area contributed by atoms with Crippen LogP contribution in [0.3, 0.4) is 0 Å². The highest BCUT2D eigenvalue weighted by Gasteiger charge is 2.37. The molecule has 0 radical (unpaired) electrons. The van der Waals surface area contributed by atoms with Crippen LogP contribution < -0.4 is 11.3 Å². The van der Waals surface area contributed by atoms with E-state index in [2.05, 4.69) is 24.2 Å². The van der Waals surface area contributed by atoms with Gasteiger partial charge in [0.25, 0.3) is 0 Å². The maximum absolute atomic E-state index is 12.6. The molecule has 1 unspecified atom stereocenters. The Bertz CT molecular complexity index is 462. The molecular weight excluding hydrogens is 279 g/mol. The summed E-state index contributed by atoms with van der Waals surface area (Å²) in [5.41, 5.74) is 2.64. The predicted octanol–water partition coefficient (Wildman–Crippen LogP) is 3.08. The third-order valence-corrected chi connectivity index (χ3v) is 4.37. The monoisotopic (exact) mass is 301 g/mol. The van der Waals surface area contributed by atoms with Crippen molar-refractivity contribution in [2.75, 3.05) is 13.1 Å². The van der Waals surface area contributed by atoms with E-state index in [1.807, 2.05) is 0 Å². The third kappa shape index (κ3) is 3.39. The second-order valence-corrected chi connectivity index (χ2v) is 6.07. The van der Waals surface area contributed by atoms with Crippen LogP contribution in [0.1, 0.15) is 43.9 Å². The minimum Gasteiger partial charge on any atom is -0.296 e. The molecule has 2 rings (SSSR count). The Labute approximate surface area is 123 Å². The van der Waals surface area contributed by atoms with Crippen LogP contribution in [0.2, 0.25) is 0 Å². The Hall–Kier alpha value is -1.11. The van der Waals surface area contributed by atoms with Gasteiger partial charge in [-0.1, -0.05) is 12.1 Å². The zero-order chi connectivity index (χ0) is 15.7. The third-order valence-electron chi connectivity index (χ3n) is 4.37. The van der Waals surface area contributed by atoms with Gasteiger partial charge in [0.15, 0.2) is 0 Å². The maximum atomic E-state index is 12.6. The van der Waals surface area contributed by atoms with Gasteiger partial charge in [0.05, 0.1) is 11.6 Å². The van der Waals surface area contributed by atoms with E-state index in [4.69, 9.17) is 5.84 Å². The molecule has 3 nitrogen and oxygen atoms in total. The summed E-state index contributed by atoms with van der Waals surface area (Å²) in [6.07, 6.45) is -2.02. The molecule has 0 spiro atoms. The van der Waals surface area contributed by atoms with E-state index < -0.39 is 11.7 Å². The lowest BCUT2D eigenvalue weighted by Gasteiger charge is -2.42. The lowest BCUT2D eigenvalue weighted by Crippen LogP contribution is -2.53. The summed E-state index contributed by atoms with van der Waals surface area (Å²) in [6.45, 7) is 6.12. The molecule has 1 aliphatic rings. The second kappa shape index (κ2) is 5.94. The minimum absolute atomic E-state index is 0.224. The fourth-order valence-electron chi connectivity index (χ4n) is 3.05. The number of halogens is 3. The van der Waals surface area contributed by atoms with Crippen molar-refractivity contribution < 1.29 is 13.2 Å². The van der Waals surface area contributed by atoms with Gasteiger partial charge >= 0.3 is 6.18 Å². The van der Waals surface area contributed by atoms with Gasteiger partial charge in [-0.15, -0.1) is 0 Å². The SMILES string of the molecule is CC(C)(C(NN)c1ccc(C(F)(F)F)cc1)N1CCCC1. The van der Waals surface area contributed by atoms with Gasteiger partial charge in [0.1, 0.15) is 0 Å². The number of hydrogen-bond donors (Lipinski definition) is 2. The molecule has 6 heteroatoms. The molecule has 118 valence electrons. The van der Waals surface area contributed by atoms with Crippen LogP contribution in [0.15, 0.2) is 24.3 Å². The van der Waals surface area contributed by atoms with Crippen molar-refractivity contribution in [2.24, 2.45) is 5.84 Å². The highest BCUT2D eigenvalue weighted by atomic mass is 19.4. The van der Waals surface area contributed by atoms with E-state index in [9.17, 15) is 13.2 Å². The van der Waals surface area contributed by atoms with Crippen LogP contribution in [0, 0.1) is 0 Å². The summed E-state index contributed by atoms with van der Waals surface area (Å²) in [7, 11) is 0. The van der Waals surface area contributed by atoms with Gasteiger partial charge in [-0.05, 0) is 57.5 Å². The number of alkyl halides is 3. The van der Waals surface area contributed by atoms with Crippen molar-refractivity contribution in [2.45, 2.75) is 44.4 Å². The molecule has 0 bridgehead atoms. The molecule has 1 fully saturated rings. The number of nitrogens with two attached hydrogens (primary N) is 1. The molecule has 0 aliphatic carbocycles. The number of nitrogens with zero attached hydrogens (tertiary/aromatic N) is 1. The first-order valence-corrected chi connectivity index (χ1v) is 7.15. The fraction of sp³-hybridized carbons (Fsp3) is 0.600. The quantitative estimate of drug-likeness (QED) is 0.663. The Morgan fingerprint density at radius 2 is 1.62 bits per heavy atom. The van der Waals surface area contributed by atoms with E-state index in [0.717, 1.165) is 43.6 Å². The molecule has 1 atom stereocenters. The molecule has 0 amide bonds. The second-order valence-electron chi connectivity index (χ2n) is 6.07. The van der Waals surface area contributed by atoms with Crippen molar-refractivity contribution in [1.29, 1.82) is 0 Å². The molecule has 1 aliphatic heterocycles. The van der Waals surface area contributed by atoms with Gasteiger partial charge in [-0.2, -0.15) is 13.2 Å². The lowest BCUT2D eigenvalue weighted by molar-refractivity contribution is -0.137. The Kier molecular flexibility index (Phi) is 4.60. The number of likely N-dealkylation sites (tertiary alicyclic amines) is 1. The van der Waals surface area contributed by atoms with Crippen LogP contribution in [0.5, 0.6) is 0 Å². The first-order valence-electron chi connectivity index (χ1n) is 7.15. The zero-order valence-corrected chi connectivity index (χ0v) is 12.4. The normalized spacial score (nSPS) is 19.0. The van der Waals surface area contributed by atoms with Crippen LogP contribution in [-0.2, 0) is 6.18 Å². The van der Waals surface area contributed by atoms with Crippen LogP contribution in [-0.4, -0.2) is 23.5 Å². The summed E-state index contributed by atoms with van der Waals surface area (Å²) in [4.78, 5) is 2.33. The number of hydrogen-bond acceptors (Lipinski definition) is 3. The topological polar surface area (TPSA) is 41.3 Å². The number of benzene rings is 1. The predicted molar refractivity (Wildman–Crippen MR) is 76.4 cm³/mol. The maximum Gasteiger partial charge on any atom is 0.416 e. The van der Waals surface area contributed by atoms with Crippen molar-refractivity contribution in [3.63, 3.8) is 0 Å². The molecule has 0 saturated carbocycles. The van der Waals surface area contributed by atoms with Crippen molar-refractivity contribution in [1.82, 2.24) is 10.3 Å². The van der Waals surface area contributed by atoms with E-state index in [1.165, 1.54) is 12.1 Å². The summed E-state index contributed by atoms with van der Waals surface area (Å²) in [5, 5.41) is 0.